The maximum atomic E-state index is 13.7. The number of rotatable bonds is 8. The molecular formula is C29H27F7N2O2S. The largest absolute Gasteiger partial charge is 0.416 e. The Labute approximate surface area is 236 Å². The maximum Gasteiger partial charge on any atom is 0.416 e. The van der Waals surface area contributed by atoms with Gasteiger partial charge in [0.05, 0.1) is 17.7 Å². The predicted octanol–water partition coefficient (Wildman–Crippen LogP) is 7.93. The van der Waals surface area contributed by atoms with Crippen molar-refractivity contribution in [1.29, 1.82) is 0 Å². The first-order chi connectivity index (χ1) is 19.3. The second-order valence-corrected chi connectivity index (χ2v) is 11.0. The average molecular weight is 601 g/mol. The molecule has 3 aromatic rings. The average Bonchev–Trinajstić information content (AvgIpc) is 3.44. The molecule has 2 amide bonds. The minimum absolute atomic E-state index is 0.0294. The number of carbonyl (C=O) groups is 2. The maximum absolute atomic E-state index is 13.7. The van der Waals surface area contributed by atoms with Crippen LogP contribution in [0.3, 0.4) is 0 Å². The van der Waals surface area contributed by atoms with Crippen LogP contribution >= 0.6 is 11.3 Å². The van der Waals surface area contributed by atoms with E-state index in [2.05, 4.69) is 0 Å². The van der Waals surface area contributed by atoms with Crippen LogP contribution in [-0.4, -0.2) is 34.2 Å². The molecule has 0 radical (unpaired) electrons. The molecule has 1 fully saturated rings. The van der Waals surface area contributed by atoms with Crippen LogP contribution in [0.2, 0.25) is 0 Å². The van der Waals surface area contributed by atoms with Crippen LogP contribution in [0.4, 0.5) is 30.7 Å². The summed E-state index contributed by atoms with van der Waals surface area (Å²) in [6, 6.07) is 9.35. The molecule has 0 N–H and O–H groups in total. The van der Waals surface area contributed by atoms with Crippen molar-refractivity contribution in [2.24, 2.45) is 0 Å². The fourth-order valence-electron chi connectivity index (χ4n) is 4.88. The van der Waals surface area contributed by atoms with Crippen molar-refractivity contribution in [3.8, 4) is 0 Å². The van der Waals surface area contributed by atoms with Crippen molar-refractivity contribution in [3.05, 3.63) is 92.9 Å². The van der Waals surface area contributed by atoms with E-state index in [4.69, 9.17) is 0 Å². The molecule has 0 aliphatic heterocycles. The van der Waals surface area contributed by atoms with Crippen LogP contribution in [0.15, 0.2) is 60.0 Å². The number of hydrogen-bond donors (Lipinski definition) is 0. The normalized spacial score (nSPS) is 14.6. The third-order valence-corrected chi connectivity index (χ3v) is 7.84. The minimum Gasteiger partial charge on any atom is -0.332 e. The van der Waals surface area contributed by atoms with Gasteiger partial charge in [-0.3, -0.25) is 9.59 Å². The van der Waals surface area contributed by atoms with Crippen molar-refractivity contribution < 1.29 is 40.3 Å². The summed E-state index contributed by atoms with van der Waals surface area (Å²) < 4.78 is 94.5. The minimum atomic E-state index is -5.12. The Morgan fingerprint density at radius 1 is 0.829 bits per heavy atom. The van der Waals surface area contributed by atoms with Crippen LogP contribution < -0.4 is 0 Å². The fourth-order valence-corrected chi connectivity index (χ4v) is 5.60. The third-order valence-electron chi connectivity index (χ3n) is 6.98. The van der Waals surface area contributed by atoms with Gasteiger partial charge in [0.1, 0.15) is 12.4 Å². The zero-order chi connectivity index (χ0) is 29.8. The molecule has 4 rings (SSSR count). The van der Waals surface area contributed by atoms with Gasteiger partial charge >= 0.3 is 12.4 Å². The highest BCUT2D eigenvalue weighted by atomic mass is 32.1. The lowest BCUT2D eigenvalue weighted by Gasteiger charge is -2.36. The second kappa shape index (κ2) is 12.6. The number of amides is 2. The van der Waals surface area contributed by atoms with E-state index in [-0.39, 0.29) is 19.2 Å². The standard InChI is InChI=1S/C29H27F7N2O2S/c30-23-10-8-19(9-11-23)16-37(17-25-7-4-12-41-25)26(39)18-38(24-5-2-1-3-6-24)27(40)20-13-21(28(31,32)33)15-22(14-20)29(34,35)36/h4,7-15,24H,1-3,5-6,16-18H2. The second-order valence-electron chi connectivity index (χ2n) is 9.98. The summed E-state index contributed by atoms with van der Waals surface area (Å²) in [6.07, 6.45) is -7.03. The number of nitrogens with zero attached hydrogens (tertiary/aromatic N) is 2. The SMILES string of the molecule is O=C(CN(C(=O)c1cc(C(F)(F)F)cc(C(F)(F)F)c1)C1CCCCC1)N(Cc1ccc(F)cc1)Cc1cccs1. The molecule has 0 saturated heterocycles. The monoisotopic (exact) mass is 600 g/mol. The first kappa shape index (κ1) is 30.5. The Morgan fingerprint density at radius 3 is 1.98 bits per heavy atom. The summed E-state index contributed by atoms with van der Waals surface area (Å²) in [6.45, 7) is -0.318. The molecule has 4 nitrogen and oxygen atoms in total. The van der Waals surface area contributed by atoms with Crippen LogP contribution in [0.5, 0.6) is 0 Å². The van der Waals surface area contributed by atoms with Crippen LogP contribution in [-0.2, 0) is 30.2 Å². The highest BCUT2D eigenvalue weighted by Gasteiger charge is 2.39. The molecule has 0 spiro atoms. The molecule has 1 heterocycles. The number of thiophene rings is 1. The fraction of sp³-hybridized carbons (Fsp3) is 0.379. The molecule has 0 bridgehead atoms. The number of carbonyl (C=O) groups excluding carboxylic acids is 2. The molecule has 0 atom stereocenters. The van der Waals surface area contributed by atoms with Gasteiger partial charge in [-0.2, -0.15) is 26.3 Å². The van der Waals surface area contributed by atoms with Crippen LogP contribution in [0.1, 0.15) is 64.0 Å². The lowest BCUT2D eigenvalue weighted by atomic mass is 9.93. The van der Waals surface area contributed by atoms with E-state index in [0.29, 0.717) is 43.4 Å². The summed E-state index contributed by atoms with van der Waals surface area (Å²) in [4.78, 5) is 30.7. The van der Waals surface area contributed by atoms with Crippen LogP contribution in [0.25, 0.3) is 0 Å². The van der Waals surface area contributed by atoms with Gasteiger partial charge < -0.3 is 9.80 Å². The number of benzene rings is 2. The van der Waals surface area contributed by atoms with E-state index in [1.54, 1.807) is 12.1 Å². The van der Waals surface area contributed by atoms with E-state index in [0.717, 1.165) is 16.2 Å². The molecule has 1 aliphatic carbocycles. The molecule has 1 aromatic heterocycles. The van der Waals surface area contributed by atoms with E-state index in [1.807, 2.05) is 5.38 Å². The van der Waals surface area contributed by atoms with Crippen molar-refractivity contribution in [2.75, 3.05) is 6.54 Å². The molecule has 41 heavy (non-hydrogen) atoms. The zero-order valence-corrected chi connectivity index (χ0v) is 22.6. The van der Waals surface area contributed by atoms with Crippen molar-refractivity contribution in [3.63, 3.8) is 0 Å². The molecular weight excluding hydrogens is 573 g/mol. The highest BCUT2D eigenvalue weighted by Crippen LogP contribution is 2.37. The zero-order valence-electron chi connectivity index (χ0n) is 21.8. The first-order valence-electron chi connectivity index (χ1n) is 13.0. The molecule has 0 unspecified atom stereocenters. The van der Waals surface area contributed by atoms with Crippen molar-refractivity contribution in [1.82, 2.24) is 9.80 Å². The summed E-state index contributed by atoms with van der Waals surface area (Å²) in [5.41, 5.74) is -3.36. The van der Waals surface area contributed by atoms with Gasteiger partial charge in [0.15, 0.2) is 0 Å². The number of alkyl halides is 6. The molecule has 1 aliphatic rings. The summed E-state index contributed by atoms with van der Waals surface area (Å²) in [7, 11) is 0. The van der Waals surface area contributed by atoms with E-state index < -0.39 is 59.3 Å². The van der Waals surface area contributed by atoms with Gasteiger partial charge in [0.2, 0.25) is 5.91 Å². The van der Waals surface area contributed by atoms with Crippen LogP contribution in [0, 0.1) is 5.82 Å². The van der Waals surface area contributed by atoms with Gasteiger partial charge in [-0.25, -0.2) is 4.39 Å². The number of hydrogen-bond acceptors (Lipinski definition) is 3. The third kappa shape index (κ3) is 8.08. The van der Waals surface area contributed by atoms with Gasteiger partial charge in [-0.1, -0.05) is 37.5 Å². The summed E-state index contributed by atoms with van der Waals surface area (Å²) in [5, 5.41) is 1.82. The lowest BCUT2D eigenvalue weighted by Crippen LogP contribution is -2.48. The molecule has 1 saturated carbocycles. The quantitative estimate of drug-likeness (QED) is 0.247. The molecule has 220 valence electrons. The Morgan fingerprint density at radius 2 is 1.44 bits per heavy atom. The summed E-state index contributed by atoms with van der Waals surface area (Å²) in [5.74, 6) is -2.07. The smallest absolute Gasteiger partial charge is 0.332 e. The molecule has 2 aromatic carbocycles. The van der Waals surface area contributed by atoms with E-state index in [1.165, 1.54) is 40.5 Å². The summed E-state index contributed by atoms with van der Waals surface area (Å²) >= 11 is 1.39. The Bertz CT molecular complexity index is 1300. The van der Waals surface area contributed by atoms with Crippen molar-refractivity contribution in [2.45, 2.75) is 63.6 Å². The topological polar surface area (TPSA) is 40.6 Å². The van der Waals surface area contributed by atoms with Gasteiger partial charge in [0.25, 0.3) is 5.91 Å². The van der Waals surface area contributed by atoms with E-state index in [9.17, 15) is 40.3 Å². The highest BCUT2D eigenvalue weighted by molar-refractivity contribution is 7.09. The predicted molar refractivity (Wildman–Crippen MR) is 139 cm³/mol. The molecule has 12 heteroatoms. The lowest BCUT2D eigenvalue weighted by molar-refractivity contribution is -0.143. The van der Waals surface area contributed by atoms with Crippen molar-refractivity contribution >= 4 is 23.2 Å². The Kier molecular flexibility index (Phi) is 9.41. The van der Waals surface area contributed by atoms with E-state index >= 15 is 0 Å². The number of halogens is 7. The Balaban J connectivity index is 1.68. The van der Waals surface area contributed by atoms with Gasteiger partial charge in [-0.15, -0.1) is 11.3 Å². The van der Waals surface area contributed by atoms with Gasteiger partial charge in [0, 0.05) is 23.0 Å². The first-order valence-corrected chi connectivity index (χ1v) is 13.8. The van der Waals surface area contributed by atoms with Gasteiger partial charge in [-0.05, 0) is 60.2 Å². The Hall–Kier alpha value is -3.41.